The summed E-state index contributed by atoms with van der Waals surface area (Å²) in [6, 6.07) is 0. The van der Waals surface area contributed by atoms with Crippen molar-refractivity contribution in [1.29, 1.82) is 5.41 Å². The number of guanidine groups is 1. The smallest absolute Gasteiger partial charge is 0.183 e. The van der Waals surface area contributed by atoms with Crippen molar-refractivity contribution < 1.29 is 0 Å². The monoisotopic (exact) mass is 360 g/mol. The summed E-state index contributed by atoms with van der Waals surface area (Å²) in [6.45, 7) is 0. The lowest BCUT2D eigenvalue weighted by molar-refractivity contribution is 1.02. The van der Waals surface area contributed by atoms with Gasteiger partial charge in [0.15, 0.2) is 5.96 Å². The van der Waals surface area contributed by atoms with Crippen LogP contribution in [0.5, 0.6) is 0 Å². The molecule has 0 spiro atoms. The highest BCUT2D eigenvalue weighted by Gasteiger charge is 1.52. The Labute approximate surface area is 89.7 Å². The van der Waals surface area contributed by atoms with Crippen molar-refractivity contribution in [3.63, 3.8) is 0 Å². The van der Waals surface area contributed by atoms with Crippen LogP contribution < -0.4 is 16.8 Å². The van der Waals surface area contributed by atoms with Crippen LogP contribution in [0, 0.1) is 5.41 Å². The molecule has 0 bridgehead atoms. The molecule has 0 aromatic rings. The number of nitrogens with one attached hydrogen (secondary N) is 2. The number of hydrogen-bond donors (Lipinski definition) is 4. The van der Waals surface area contributed by atoms with Gasteiger partial charge < -0.3 is 16.8 Å². The molecule has 0 unspecified atom stereocenters. The van der Waals surface area contributed by atoms with E-state index >= 15 is 0 Å². The summed E-state index contributed by atoms with van der Waals surface area (Å²) >= 11 is 0. The third-order valence-corrected chi connectivity index (χ3v) is 0. The number of halogens is 2. The first-order valence-electron chi connectivity index (χ1n) is 1.83. The SMILES string of the molecule is CNC.I.I.N=C(N)N. The fourth-order valence-corrected chi connectivity index (χ4v) is 0. The molecule has 0 amide bonds. The van der Waals surface area contributed by atoms with Gasteiger partial charge in [-0.15, -0.1) is 48.0 Å². The molecule has 0 rings (SSSR count). The van der Waals surface area contributed by atoms with Crippen LogP contribution in [0.2, 0.25) is 0 Å². The molecule has 9 heavy (non-hydrogen) atoms. The molecule has 0 aromatic carbocycles. The van der Waals surface area contributed by atoms with Gasteiger partial charge >= 0.3 is 0 Å². The first-order valence-corrected chi connectivity index (χ1v) is 1.83. The Kier molecular flexibility index (Phi) is 58.7. The van der Waals surface area contributed by atoms with Gasteiger partial charge in [0.05, 0.1) is 0 Å². The lowest BCUT2D eigenvalue weighted by Gasteiger charge is -1.69. The van der Waals surface area contributed by atoms with Crippen LogP contribution in [0.1, 0.15) is 0 Å². The maximum absolute atomic E-state index is 6.06. The third-order valence-electron chi connectivity index (χ3n) is 0. The van der Waals surface area contributed by atoms with Crippen molar-refractivity contribution in [2.45, 2.75) is 0 Å². The van der Waals surface area contributed by atoms with E-state index in [1.807, 2.05) is 14.1 Å². The molecule has 6 heteroatoms. The molecule has 0 radical (unpaired) electrons. The highest BCUT2D eigenvalue weighted by atomic mass is 127. The Morgan fingerprint density at radius 3 is 1.22 bits per heavy atom. The largest absolute Gasteiger partial charge is 0.370 e. The summed E-state index contributed by atoms with van der Waals surface area (Å²) < 4.78 is 0. The van der Waals surface area contributed by atoms with Crippen LogP contribution >= 0.6 is 48.0 Å². The zero-order chi connectivity index (χ0) is 6.28. The van der Waals surface area contributed by atoms with Gasteiger partial charge in [-0.25, -0.2) is 0 Å². The number of hydrogen-bond acceptors (Lipinski definition) is 2. The van der Waals surface area contributed by atoms with Gasteiger partial charge in [0, 0.05) is 0 Å². The standard InChI is InChI=1S/C2H7N.CH5N3.2HI/c1-3-2;2-1(3)4;;/h3H,1-2H3;(H5,2,3,4);2*1H. The minimum atomic E-state index is -0.333. The van der Waals surface area contributed by atoms with E-state index in [2.05, 4.69) is 16.8 Å². The van der Waals surface area contributed by atoms with E-state index in [9.17, 15) is 0 Å². The number of rotatable bonds is 0. The average Bonchev–Trinajstić information content (AvgIpc) is 1.33. The maximum atomic E-state index is 6.06. The Morgan fingerprint density at radius 2 is 1.22 bits per heavy atom. The van der Waals surface area contributed by atoms with Gasteiger partial charge in [-0.05, 0) is 14.1 Å². The van der Waals surface area contributed by atoms with Gasteiger partial charge in [0.25, 0.3) is 0 Å². The summed E-state index contributed by atoms with van der Waals surface area (Å²) in [7, 11) is 3.75. The predicted octanol–water partition coefficient (Wildman–Crippen LogP) is -0.0898. The number of nitrogens with two attached hydrogens (primary N) is 2. The minimum absolute atomic E-state index is 0. The predicted molar refractivity (Wildman–Crippen MR) is 61.9 cm³/mol. The Bertz CT molecular complexity index is 45.1. The lowest BCUT2D eigenvalue weighted by atomic mass is 11.1. The van der Waals surface area contributed by atoms with Gasteiger partial charge in [-0.3, -0.25) is 5.41 Å². The van der Waals surface area contributed by atoms with Gasteiger partial charge in [0.2, 0.25) is 0 Å². The summed E-state index contributed by atoms with van der Waals surface area (Å²) in [5, 5.41) is 8.81. The minimum Gasteiger partial charge on any atom is -0.370 e. The van der Waals surface area contributed by atoms with Crippen molar-refractivity contribution in [2.75, 3.05) is 14.1 Å². The molecule has 0 saturated carbocycles. The van der Waals surface area contributed by atoms with Crippen LogP contribution in [0.25, 0.3) is 0 Å². The second-order valence-corrected chi connectivity index (χ2v) is 0.955. The second kappa shape index (κ2) is 23.4. The molecule has 0 atom stereocenters. The van der Waals surface area contributed by atoms with Crippen LogP contribution in [0.15, 0.2) is 0 Å². The highest BCUT2D eigenvalue weighted by Crippen LogP contribution is 1.13. The second-order valence-electron chi connectivity index (χ2n) is 0.955. The molecule has 0 aliphatic carbocycles. The molecule has 0 fully saturated rings. The maximum Gasteiger partial charge on any atom is 0.183 e. The molecular formula is C3H14I2N4. The van der Waals surface area contributed by atoms with Crippen molar-refractivity contribution >= 4 is 53.9 Å². The van der Waals surface area contributed by atoms with Crippen LogP contribution in [0.3, 0.4) is 0 Å². The molecule has 0 heterocycles. The van der Waals surface area contributed by atoms with Gasteiger partial charge in [0.1, 0.15) is 0 Å². The molecule has 0 saturated heterocycles. The van der Waals surface area contributed by atoms with E-state index in [4.69, 9.17) is 5.41 Å². The first kappa shape index (κ1) is 22.6. The van der Waals surface area contributed by atoms with Crippen molar-refractivity contribution in [1.82, 2.24) is 5.32 Å². The summed E-state index contributed by atoms with van der Waals surface area (Å²) in [5.74, 6) is -0.333. The zero-order valence-corrected chi connectivity index (χ0v) is 10.1. The molecule has 60 valence electrons. The normalized spacial score (nSPS) is 4.67. The van der Waals surface area contributed by atoms with Crippen molar-refractivity contribution in [2.24, 2.45) is 11.5 Å². The molecule has 0 aliphatic heterocycles. The topological polar surface area (TPSA) is 87.9 Å². The summed E-state index contributed by atoms with van der Waals surface area (Å²) in [6.07, 6.45) is 0. The summed E-state index contributed by atoms with van der Waals surface area (Å²) in [5.41, 5.74) is 8.94. The Balaban J connectivity index is -0.0000000233. The molecule has 6 N–H and O–H groups in total. The van der Waals surface area contributed by atoms with E-state index in [-0.39, 0.29) is 53.9 Å². The van der Waals surface area contributed by atoms with Crippen molar-refractivity contribution in [3.8, 4) is 0 Å². The van der Waals surface area contributed by atoms with E-state index < -0.39 is 0 Å². The van der Waals surface area contributed by atoms with Crippen molar-refractivity contribution in [3.05, 3.63) is 0 Å². The van der Waals surface area contributed by atoms with E-state index in [1.54, 1.807) is 0 Å². The first-order chi connectivity index (χ1) is 3.15. The molecule has 0 aromatic heterocycles. The lowest BCUT2D eigenvalue weighted by Crippen LogP contribution is -2.20. The fraction of sp³-hybridized carbons (Fsp3) is 0.667. The third kappa shape index (κ3) is 817. The quantitative estimate of drug-likeness (QED) is 0.277. The van der Waals surface area contributed by atoms with Crippen LogP contribution in [0.4, 0.5) is 0 Å². The van der Waals surface area contributed by atoms with E-state index in [1.165, 1.54) is 0 Å². The fourth-order valence-electron chi connectivity index (χ4n) is 0. The Hall–Kier alpha value is 0.690. The molecular weight excluding hydrogens is 346 g/mol. The van der Waals surface area contributed by atoms with Gasteiger partial charge in [-0.2, -0.15) is 0 Å². The Morgan fingerprint density at radius 1 is 1.22 bits per heavy atom. The van der Waals surface area contributed by atoms with Crippen LogP contribution in [-0.4, -0.2) is 20.1 Å². The average molecular weight is 360 g/mol. The van der Waals surface area contributed by atoms with Gasteiger partial charge in [-0.1, -0.05) is 0 Å². The molecule has 0 aliphatic rings. The zero-order valence-electron chi connectivity index (χ0n) is 5.47. The highest BCUT2D eigenvalue weighted by molar-refractivity contribution is 14.0. The summed E-state index contributed by atoms with van der Waals surface area (Å²) in [4.78, 5) is 0. The van der Waals surface area contributed by atoms with E-state index in [0.717, 1.165) is 0 Å². The van der Waals surface area contributed by atoms with E-state index in [0.29, 0.717) is 0 Å². The molecule has 4 nitrogen and oxygen atoms in total. The van der Waals surface area contributed by atoms with Crippen LogP contribution in [-0.2, 0) is 0 Å².